The van der Waals surface area contributed by atoms with Gasteiger partial charge in [-0.1, -0.05) is 41.9 Å². The van der Waals surface area contributed by atoms with Crippen molar-refractivity contribution in [2.45, 2.75) is 30.3 Å². The molecule has 0 aliphatic carbocycles. The fraction of sp³-hybridized carbons (Fsp3) is 0.250. The first-order valence-electron chi connectivity index (χ1n) is 11.0. The van der Waals surface area contributed by atoms with E-state index in [-0.39, 0.29) is 22.0 Å². The second kappa shape index (κ2) is 10.5. The molecule has 0 spiro atoms. The molecule has 0 bridgehead atoms. The SMILES string of the molecule is COc1cccc2c1c(NS(=O)(=O)c1ccc(Cl)s1)nn2Cc1ccc(CN(C)[C@H](C)C(N)=O)cc1. The van der Waals surface area contributed by atoms with Gasteiger partial charge in [-0.2, -0.15) is 5.10 Å². The minimum Gasteiger partial charge on any atom is -0.496 e. The third-order valence-electron chi connectivity index (χ3n) is 5.86. The summed E-state index contributed by atoms with van der Waals surface area (Å²) >= 11 is 6.91. The van der Waals surface area contributed by atoms with E-state index < -0.39 is 10.0 Å². The molecule has 0 aliphatic heterocycles. The highest BCUT2D eigenvalue weighted by atomic mass is 35.5. The van der Waals surface area contributed by atoms with Gasteiger partial charge in [0.15, 0.2) is 5.82 Å². The molecule has 2 aromatic heterocycles. The number of rotatable bonds is 10. The van der Waals surface area contributed by atoms with Crippen molar-refractivity contribution in [3.63, 3.8) is 0 Å². The van der Waals surface area contributed by atoms with Crippen LogP contribution in [-0.4, -0.2) is 49.2 Å². The monoisotopic (exact) mass is 547 g/mol. The molecule has 2 heterocycles. The third-order valence-corrected chi connectivity index (χ3v) is 8.93. The summed E-state index contributed by atoms with van der Waals surface area (Å²) in [5.41, 5.74) is 8.11. The number of nitrogens with zero attached hydrogens (tertiary/aromatic N) is 3. The Balaban J connectivity index is 1.63. The van der Waals surface area contributed by atoms with E-state index >= 15 is 0 Å². The summed E-state index contributed by atoms with van der Waals surface area (Å²) in [6, 6.07) is 16.0. The number of hydrogen-bond acceptors (Lipinski definition) is 7. The molecule has 36 heavy (non-hydrogen) atoms. The number of benzene rings is 2. The summed E-state index contributed by atoms with van der Waals surface area (Å²) in [6.07, 6.45) is 0. The van der Waals surface area contributed by atoms with E-state index in [1.807, 2.05) is 48.3 Å². The molecular weight excluding hydrogens is 522 g/mol. The summed E-state index contributed by atoms with van der Waals surface area (Å²) in [6.45, 7) is 2.75. The minimum absolute atomic E-state index is 0.0938. The standard InChI is InChI=1S/C24H26ClN5O4S2/c1-15(23(26)31)29(2)13-16-7-9-17(10-8-16)14-30-18-5-4-6-19(34-3)22(18)24(27-30)28-36(32,33)21-12-11-20(25)35-21/h4-12,15H,13-14H2,1-3H3,(H2,26,31)(H,27,28)/t15-/m1/s1. The van der Waals surface area contributed by atoms with Gasteiger partial charge in [-0.05, 0) is 49.4 Å². The third kappa shape index (κ3) is 5.49. The van der Waals surface area contributed by atoms with Crippen LogP contribution in [0.15, 0.2) is 58.8 Å². The number of nitrogens with one attached hydrogen (secondary N) is 1. The van der Waals surface area contributed by atoms with E-state index in [9.17, 15) is 13.2 Å². The van der Waals surface area contributed by atoms with Crippen LogP contribution in [0.5, 0.6) is 5.75 Å². The van der Waals surface area contributed by atoms with Crippen LogP contribution < -0.4 is 15.2 Å². The van der Waals surface area contributed by atoms with Crippen molar-refractivity contribution in [2.24, 2.45) is 5.73 Å². The maximum atomic E-state index is 13.0. The van der Waals surface area contributed by atoms with Crippen LogP contribution >= 0.6 is 22.9 Å². The number of hydrogen-bond donors (Lipinski definition) is 2. The molecule has 4 aromatic rings. The fourth-order valence-electron chi connectivity index (χ4n) is 3.74. The Morgan fingerprint density at radius 3 is 2.50 bits per heavy atom. The number of carbonyl (C=O) groups excluding carboxylic acids is 1. The van der Waals surface area contributed by atoms with Crippen molar-refractivity contribution in [1.29, 1.82) is 0 Å². The number of primary amides is 1. The maximum Gasteiger partial charge on any atom is 0.272 e. The van der Waals surface area contributed by atoms with Gasteiger partial charge >= 0.3 is 0 Å². The Morgan fingerprint density at radius 1 is 1.19 bits per heavy atom. The maximum absolute atomic E-state index is 13.0. The number of methoxy groups -OCH3 is 1. The first-order valence-corrected chi connectivity index (χ1v) is 13.7. The smallest absolute Gasteiger partial charge is 0.272 e. The number of carbonyl (C=O) groups is 1. The first-order chi connectivity index (χ1) is 17.1. The Hall–Kier alpha value is -3.12. The highest BCUT2D eigenvalue weighted by Crippen LogP contribution is 2.35. The van der Waals surface area contributed by atoms with Gasteiger partial charge in [0.2, 0.25) is 5.91 Å². The highest BCUT2D eigenvalue weighted by Gasteiger charge is 2.23. The molecule has 0 unspecified atom stereocenters. The number of aromatic nitrogens is 2. The molecule has 12 heteroatoms. The fourth-order valence-corrected chi connectivity index (χ4v) is 6.24. The molecule has 3 N–H and O–H groups in total. The normalized spacial score (nSPS) is 12.7. The van der Waals surface area contributed by atoms with E-state index in [0.29, 0.717) is 28.6 Å². The number of fused-ring (bicyclic) bond motifs is 1. The molecule has 1 amide bonds. The lowest BCUT2D eigenvalue weighted by atomic mass is 10.1. The Kier molecular flexibility index (Phi) is 7.55. The van der Waals surface area contributed by atoms with E-state index in [4.69, 9.17) is 22.1 Å². The molecule has 190 valence electrons. The number of ether oxygens (including phenoxy) is 1. The van der Waals surface area contributed by atoms with E-state index in [0.717, 1.165) is 28.0 Å². The van der Waals surface area contributed by atoms with Crippen LogP contribution in [-0.2, 0) is 27.9 Å². The number of nitrogens with two attached hydrogens (primary N) is 1. The van der Waals surface area contributed by atoms with Crippen LogP contribution in [0.2, 0.25) is 4.34 Å². The van der Waals surface area contributed by atoms with Crippen LogP contribution in [0, 0.1) is 0 Å². The average molecular weight is 548 g/mol. The predicted octanol–water partition coefficient (Wildman–Crippen LogP) is 3.91. The van der Waals surface area contributed by atoms with Gasteiger partial charge in [0.25, 0.3) is 10.0 Å². The predicted molar refractivity (Wildman–Crippen MR) is 142 cm³/mol. The number of halogens is 1. The van der Waals surface area contributed by atoms with Crippen LogP contribution in [0.25, 0.3) is 10.9 Å². The second-order valence-corrected chi connectivity index (χ2v) is 12.0. The van der Waals surface area contributed by atoms with Crippen molar-refractivity contribution in [1.82, 2.24) is 14.7 Å². The molecule has 0 fully saturated rings. The highest BCUT2D eigenvalue weighted by molar-refractivity contribution is 7.94. The number of sulfonamides is 1. The Bertz CT molecular complexity index is 1500. The van der Waals surface area contributed by atoms with Crippen LogP contribution in [0.4, 0.5) is 5.82 Å². The van der Waals surface area contributed by atoms with Gasteiger partial charge < -0.3 is 10.5 Å². The zero-order chi connectivity index (χ0) is 26.0. The lowest BCUT2D eigenvalue weighted by Crippen LogP contribution is -2.39. The molecule has 0 saturated heterocycles. The van der Waals surface area contributed by atoms with Crippen LogP contribution in [0.3, 0.4) is 0 Å². The quantitative estimate of drug-likeness (QED) is 0.310. The van der Waals surface area contributed by atoms with Crippen molar-refractivity contribution in [3.8, 4) is 5.75 Å². The van der Waals surface area contributed by atoms with Gasteiger partial charge in [-0.3, -0.25) is 19.1 Å². The summed E-state index contributed by atoms with van der Waals surface area (Å²) in [5, 5.41) is 5.14. The Labute approximate surface area is 218 Å². The second-order valence-electron chi connectivity index (χ2n) is 8.33. The molecule has 4 rings (SSSR count). The lowest BCUT2D eigenvalue weighted by Gasteiger charge is -2.22. The zero-order valence-corrected chi connectivity index (χ0v) is 22.3. The first kappa shape index (κ1) is 26.0. The number of likely N-dealkylation sites (N-methyl/N-ethyl adjacent to an activating group) is 1. The van der Waals surface area contributed by atoms with Gasteiger partial charge in [0, 0.05) is 6.54 Å². The molecule has 0 saturated carbocycles. The molecular formula is C24H26ClN5O4S2. The Morgan fingerprint density at radius 2 is 1.89 bits per heavy atom. The summed E-state index contributed by atoms with van der Waals surface area (Å²) in [5.74, 6) is 0.303. The van der Waals surface area contributed by atoms with Gasteiger partial charge in [0.1, 0.15) is 9.96 Å². The largest absolute Gasteiger partial charge is 0.496 e. The van der Waals surface area contributed by atoms with E-state index in [1.165, 1.54) is 19.2 Å². The summed E-state index contributed by atoms with van der Waals surface area (Å²) in [7, 11) is -0.511. The number of anilines is 1. The molecule has 0 aliphatic rings. The van der Waals surface area contributed by atoms with Crippen molar-refractivity contribution >= 4 is 55.6 Å². The van der Waals surface area contributed by atoms with Gasteiger partial charge in [-0.15, -0.1) is 11.3 Å². The van der Waals surface area contributed by atoms with E-state index in [1.54, 1.807) is 17.7 Å². The number of thiophene rings is 1. The summed E-state index contributed by atoms with van der Waals surface area (Å²) in [4.78, 5) is 13.3. The minimum atomic E-state index is -3.88. The molecule has 2 aromatic carbocycles. The number of amides is 1. The van der Waals surface area contributed by atoms with Crippen molar-refractivity contribution in [3.05, 3.63) is 70.1 Å². The van der Waals surface area contributed by atoms with Crippen molar-refractivity contribution < 1.29 is 17.9 Å². The average Bonchev–Trinajstić information content (AvgIpc) is 3.43. The van der Waals surface area contributed by atoms with Crippen LogP contribution in [0.1, 0.15) is 18.1 Å². The zero-order valence-electron chi connectivity index (χ0n) is 19.9. The van der Waals surface area contributed by atoms with Gasteiger partial charge in [-0.25, -0.2) is 8.42 Å². The van der Waals surface area contributed by atoms with Crippen molar-refractivity contribution in [2.75, 3.05) is 18.9 Å². The lowest BCUT2D eigenvalue weighted by molar-refractivity contribution is -0.122. The van der Waals surface area contributed by atoms with E-state index in [2.05, 4.69) is 9.82 Å². The van der Waals surface area contributed by atoms with Gasteiger partial charge in [0.05, 0.1) is 34.9 Å². The molecule has 1 atom stereocenters. The summed E-state index contributed by atoms with van der Waals surface area (Å²) < 4.78 is 36.2. The molecule has 9 nitrogen and oxygen atoms in total. The molecule has 0 radical (unpaired) electrons. The topological polar surface area (TPSA) is 120 Å².